The van der Waals surface area contributed by atoms with Gasteiger partial charge in [0, 0.05) is 17.2 Å². The Morgan fingerprint density at radius 3 is 2.67 bits per heavy atom. The third kappa shape index (κ3) is 2.85. The highest BCUT2D eigenvalue weighted by molar-refractivity contribution is 9.10. The smallest absolute Gasteiger partial charge is 0.307 e. The Morgan fingerprint density at radius 2 is 2.20 bits per heavy atom. The van der Waals surface area contributed by atoms with Gasteiger partial charge in [-0.3, -0.25) is 9.59 Å². The van der Waals surface area contributed by atoms with Crippen molar-refractivity contribution in [1.82, 2.24) is 4.98 Å². The SMILES string of the molecule is O=C(O)Cc1c(C(F)F)cc(=O)[nH]c1Br. The third-order valence-electron chi connectivity index (χ3n) is 1.70. The quantitative estimate of drug-likeness (QED) is 0.829. The molecule has 0 fully saturated rings. The standard InChI is InChI=1S/C8H6BrF2NO3/c9-7-3(2-6(14)15)4(8(10)11)1-5(13)12-7/h1,8H,2H2,(H,12,13)(H,14,15). The van der Waals surface area contributed by atoms with E-state index in [1.54, 1.807) is 0 Å². The van der Waals surface area contributed by atoms with Crippen molar-refractivity contribution >= 4 is 21.9 Å². The lowest BCUT2D eigenvalue weighted by atomic mass is 10.1. The Bertz CT molecular complexity index is 444. The number of aromatic nitrogens is 1. The maximum absolute atomic E-state index is 12.5. The fourth-order valence-electron chi connectivity index (χ4n) is 1.10. The summed E-state index contributed by atoms with van der Waals surface area (Å²) in [5.74, 6) is -1.25. The van der Waals surface area contributed by atoms with Gasteiger partial charge in [-0.2, -0.15) is 0 Å². The summed E-state index contributed by atoms with van der Waals surface area (Å²) in [7, 11) is 0. The molecule has 82 valence electrons. The summed E-state index contributed by atoms with van der Waals surface area (Å²) >= 11 is 2.84. The van der Waals surface area contributed by atoms with Gasteiger partial charge in [0.15, 0.2) is 0 Å². The van der Waals surface area contributed by atoms with E-state index in [4.69, 9.17) is 5.11 Å². The second-order valence-corrected chi connectivity index (χ2v) is 3.55. The zero-order chi connectivity index (χ0) is 11.6. The molecule has 0 radical (unpaired) electrons. The lowest BCUT2D eigenvalue weighted by Crippen LogP contribution is -2.13. The number of carbonyl (C=O) groups is 1. The molecular formula is C8H6BrF2NO3. The molecule has 0 saturated carbocycles. The topological polar surface area (TPSA) is 70.2 Å². The number of rotatable bonds is 3. The second kappa shape index (κ2) is 4.52. The summed E-state index contributed by atoms with van der Waals surface area (Å²) in [6.07, 6.45) is -3.45. The minimum atomic E-state index is -2.88. The van der Waals surface area contributed by atoms with Crippen molar-refractivity contribution in [3.63, 3.8) is 0 Å². The molecule has 1 heterocycles. The van der Waals surface area contributed by atoms with Crippen molar-refractivity contribution in [3.8, 4) is 0 Å². The van der Waals surface area contributed by atoms with Crippen LogP contribution in [0, 0.1) is 0 Å². The molecule has 0 aliphatic carbocycles. The van der Waals surface area contributed by atoms with Gasteiger partial charge >= 0.3 is 5.97 Å². The summed E-state index contributed by atoms with van der Waals surface area (Å²) in [5, 5.41) is 8.51. The van der Waals surface area contributed by atoms with Gasteiger partial charge in [-0.15, -0.1) is 0 Å². The number of H-pyrrole nitrogens is 1. The van der Waals surface area contributed by atoms with Gasteiger partial charge in [-0.25, -0.2) is 8.78 Å². The number of hydrogen-bond acceptors (Lipinski definition) is 2. The predicted molar refractivity (Wildman–Crippen MR) is 51.1 cm³/mol. The molecule has 1 aromatic rings. The Kier molecular flexibility index (Phi) is 3.57. The third-order valence-corrected chi connectivity index (χ3v) is 2.37. The number of aliphatic carboxylic acids is 1. The molecule has 0 amide bonds. The highest BCUT2D eigenvalue weighted by atomic mass is 79.9. The van der Waals surface area contributed by atoms with Crippen LogP contribution in [0.15, 0.2) is 15.5 Å². The Morgan fingerprint density at radius 1 is 1.60 bits per heavy atom. The van der Waals surface area contributed by atoms with Crippen LogP contribution in [0.25, 0.3) is 0 Å². The number of halogens is 3. The van der Waals surface area contributed by atoms with Gasteiger partial charge in [-0.05, 0) is 15.9 Å². The van der Waals surface area contributed by atoms with Crippen LogP contribution in [-0.4, -0.2) is 16.1 Å². The number of alkyl halides is 2. The highest BCUT2D eigenvalue weighted by Crippen LogP contribution is 2.26. The molecule has 2 N–H and O–H groups in total. The van der Waals surface area contributed by atoms with Crippen LogP contribution in [0.2, 0.25) is 0 Å². The van der Waals surface area contributed by atoms with Crippen molar-refractivity contribution in [2.75, 3.05) is 0 Å². The molecule has 7 heteroatoms. The van der Waals surface area contributed by atoms with E-state index < -0.39 is 29.9 Å². The van der Waals surface area contributed by atoms with Crippen LogP contribution < -0.4 is 5.56 Å². The first-order valence-electron chi connectivity index (χ1n) is 3.83. The van der Waals surface area contributed by atoms with E-state index in [1.165, 1.54) is 0 Å². The van der Waals surface area contributed by atoms with E-state index in [1.807, 2.05) is 0 Å². The number of aromatic amines is 1. The second-order valence-electron chi connectivity index (χ2n) is 2.75. The number of carboxylic acid groups (broad SMARTS) is 1. The molecule has 0 spiro atoms. The number of pyridine rings is 1. The molecular weight excluding hydrogens is 276 g/mol. The largest absolute Gasteiger partial charge is 0.481 e. The van der Waals surface area contributed by atoms with Crippen LogP contribution in [0.5, 0.6) is 0 Å². The zero-order valence-corrected chi connectivity index (χ0v) is 8.85. The van der Waals surface area contributed by atoms with Crippen molar-refractivity contribution < 1.29 is 18.7 Å². The van der Waals surface area contributed by atoms with Gasteiger partial charge in [0.25, 0.3) is 6.43 Å². The number of nitrogens with one attached hydrogen (secondary N) is 1. The Hall–Kier alpha value is -1.24. The van der Waals surface area contributed by atoms with E-state index in [9.17, 15) is 18.4 Å². The summed E-state index contributed by atoms with van der Waals surface area (Å²) in [5.41, 5.74) is -1.38. The highest BCUT2D eigenvalue weighted by Gasteiger charge is 2.18. The monoisotopic (exact) mass is 281 g/mol. The first kappa shape index (κ1) is 11.8. The summed E-state index contributed by atoms with van der Waals surface area (Å²) in [6.45, 7) is 0. The van der Waals surface area contributed by atoms with Crippen LogP contribution in [-0.2, 0) is 11.2 Å². The minimum absolute atomic E-state index is 0.0206. The van der Waals surface area contributed by atoms with Crippen molar-refractivity contribution in [2.24, 2.45) is 0 Å². The zero-order valence-electron chi connectivity index (χ0n) is 7.26. The molecule has 0 bridgehead atoms. The number of carboxylic acids is 1. The molecule has 0 aliphatic rings. The fourth-order valence-corrected chi connectivity index (χ4v) is 1.66. The lowest BCUT2D eigenvalue weighted by molar-refractivity contribution is -0.136. The van der Waals surface area contributed by atoms with Crippen LogP contribution in [0.3, 0.4) is 0 Å². The van der Waals surface area contributed by atoms with Crippen molar-refractivity contribution in [1.29, 1.82) is 0 Å². The van der Waals surface area contributed by atoms with Gasteiger partial charge in [0.05, 0.1) is 11.0 Å². The van der Waals surface area contributed by atoms with Crippen LogP contribution in [0.1, 0.15) is 17.6 Å². The fraction of sp³-hybridized carbons (Fsp3) is 0.250. The van der Waals surface area contributed by atoms with E-state index in [-0.39, 0.29) is 10.2 Å². The average Bonchev–Trinajstić information content (AvgIpc) is 2.08. The predicted octanol–water partition coefficient (Wildman–Crippen LogP) is 1.70. The Labute approximate surface area is 91.1 Å². The molecule has 0 saturated heterocycles. The van der Waals surface area contributed by atoms with E-state index in [0.29, 0.717) is 6.07 Å². The maximum Gasteiger partial charge on any atom is 0.307 e. The molecule has 15 heavy (non-hydrogen) atoms. The van der Waals surface area contributed by atoms with Crippen LogP contribution in [0.4, 0.5) is 8.78 Å². The minimum Gasteiger partial charge on any atom is -0.481 e. The summed E-state index contributed by atoms with van der Waals surface area (Å²) in [4.78, 5) is 23.5. The molecule has 1 rings (SSSR count). The maximum atomic E-state index is 12.5. The van der Waals surface area contributed by atoms with Crippen molar-refractivity contribution in [2.45, 2.75) is 12.8 Å². The number of hydrogen-bond donors (Lipinski definition) is 2. The molecule has 1 aromatic heterocycles. The van der Waals surface area contributed by atoms with E-state index in [0.717, 1.165) is 0 Å². The lowest BCUT2D eigenvalue weighted by Gasteiger charge is -2.07. The summed E-state index contributed by atoms with van der Waals surface area (Å²) < 4.78 is 24.9. The average molecular weight is 282 g/mol. The molecule has 0 aliphatic heterocycles. The van der Waals surface area contributed by atoms with Gasteiger partial charge < -0.3 is 10.1 Å². The molecule has 0 atom stereocenters. The molecule has 4 nitrogen and oxygen atoms in total. The van der Waals surface area contributed by atoms with E-state index >= 15 is 0 Å². The van der Waals surface area contributed by atoms with Gasteiger partial charge in [0.2, 0.25) is 5.56 Å². The molecule has 0 aromatic carbocycles. The van der Waals surface area contributed by atoms with Gasteiger partial charge in [0.1, 0.15) is 0 Å². The summed E-state index contributed by atoms with van der Waals surface area (Å²) in [6, 6.07) is 0.702. The first-order valence-corrected chi connectivity index (χ1v) is 4.62. The molecule has 0 unspecified atom stereocenters. The Balaban J connectivity index is 3.33. The van der Waals surface area contributed by atoms with Crippen molar-refractivity contribution in [3.05, 3.63) is 32.2 Å². The van der Waals surface area contributed by atoms with Gasteiger partial charge in [-0.1, -0.05) is 0 Å². The van der Waals surface area contributed by atoms with Crippen LogP contribution >= 0.6 is 15.9 Å². The van der Waals surface area contributed by atoms with E-state index in [2.05, 4.69) is 20.9 Å². The first-order chi connectivity index (χ1) is 6.91. The normalized spacial score (nSPS) is 10.7.